The molecular weight excluding hydrogens is 248 g/mol. The summed E-state index contributed by atoms with van der Waals surface area (Å²) >= 11 is 0. The molecule has 1 aliphatic heterocycles. The molecule has 20 heavy (non-hydrogen) atoms. The number of nitrogens with two attached hydrogens (primary N) is 1. The van der Waals surface area contributed by atoms with Gasteiger partial charge in [-0.2, -0.15) is 0 Å². The summed E-state index contributed by atoms with van der Waals surface area (Å²) in [6.07, 6.45) is 2.21. The highest BCUT2D eigenvalue weighted by Crippen LogP contribution is 2.34. The monoisotopic (exact) mass is 274 g/mol. The molecule has 2 N–H and O–H groups in total. The summed E-state index contributed by atoms with van der Waals surface area (Å²) in [4.78, 5) is 14.5. The summed E-state index contributed by atoms with van der Waals surface area (Å²) in [5.74, 6) is 0.856. The van der Waals surface area contributed by atoms with Crippen LogP contribution in [0.4, 0.5) is 0 Å². The number of nitrogens with zero attached hydrogens (tertiary/aromatic N) is 1. The van der Waals surface area contributed by atoms with Gasteiger partial charge in [-0.15, -0.1) is 0 Å². The Labute approximate surface area is 122 Å². The number of carbonyl (C=O) groups is 1. The Morgan fingerprint density at radius 3 is 2.50 bits per heavy atom. The first kappa shape index (κ1) is 15.0. The smallest absolute Gasteiger partial charge is 0.253 e. The number of hydrogen-bond donors (Lipinski definition) is 1. The van der Waals surface area contributed by atoms with Crippen LogP contribution >= 0.6 is 0 Å². The molecule has 1 heterocycles. The lowest BCUT2D eigenvalue weighted by Crippen LogP contribution is -2.41. The summed E-state index contributed by atoms with van der Waals surface area (Å²) in [5.41, 5.74) is 7.76. The highest BCUT2D eigenvalue weighted by Gasteiger charge is 2.30. The summed E-state index contributed by atoms with van der Waals surface area (Å²) in [5, 5.41) is 0. The van der Waals surface area contributed by atoms with Gasteiger partial charge in [0.25, 0.3) is 5.91 Å². The van der Waals surface area contributed by atoms with Crippen LogP contribution in [0.5, 0.6) is 0 Å². The Morgan fingerprint density at radius 2 is 1.95 bits per heavy atom. The van der Waals surface area contributed by atoms with Crippen molar-refractivity contribution in [3.8, 4) is 0 Å². The van der Waals surface area contributed by atoms with E-state index in [-0.39, 0.29) is 5.91 Å². The third kappa shape index (κ3) is 3.40. The van der Waals surface area contributed by atoms with Gasteiger partial charge < -0.3 is 10.6 Å². The van der Waals surface area contributed by atoms with Crippen LogP contribution < -0.4 is 5.73 Å². The van der Waals surface area contributed by atoms with Crippen molar-refractivity contribution in [2.24, 2.45) is 17.1 Å². The average Bonchev–Trinajstić information content (AvgIpc) is 2.46. The number of piperidine rings is 1. The van der Waals surface area contributed by atoms with Crippen LogP contribution in [0.3, 0.4) is 0 Å². The van der Waals surface area contributed by atoms with Crippen molar-refractivity contribution in [3.63, 3.8) is 0 Å². The number of carbonyl (C=O) groups excluding carboxylic acids is 1. The van der Waals surface area contributed by atoms with E-state index in [1.54, 1.807) is 0 Å². The third-order valence-electron chi connectivity index (χ3n) is 4.42. The van der Waals surface area contributed by atoms with E-state index in [0.717, 1.165) is 37.1 Å². The predicted molar refractivity (Wildman–Crippen MR) is 82.4 cm³/mol. The Bertz CT molecular complexity index is 468. The van der Waals surface area contributed by atoms with Gasteiger partial charge in [0.1, 0.15) is 0 Å². The molecule has 0 atom stereocenters. The maximum Gasteiger partial charge on any atom is 0.253 e. The van der Waals surface area contributed by atoms with Crippen molar-refractivity contribution in [1.82, 2.24) is 4.90 Å². The zero-order valence-electron chi connectivity index (χ0n) is 12.9. The summed E-state index contributed by atoms with van der Waals surface area (Å²) in [6.45, 7) is 9.09. The second-order valence-corrected chi connectivity index (χ2v) is 6.84. The van der Waals surface area contributed by atoms with E-state index in [1.807, 2.05) is 29.2 Å². The molecule has 1 aromatic rings. The molecular formula is C17H26N2O. The third-order valence-corrected chi connectivity index (χ3v) is 4.42. The quantitative estimate of drug-likeness (QED) is 0.901. The molecule has 0 radical (unpaired) electrons. The Hall–Kier alpha value is -1.35. The van der Waals surface area contributed by atoms with Crippen LogP contribution in [0.1, 0.15) is 49.5 Å². The molecule has 0 aromatic heterocycles. The topological polar surface area (TPSA) is 46.3 Å². The minimum atomic E-state index is 0.146. The van der Waals surface area contributed by atoms with Crippen LogP contribution in [0.2, 0.25) is 0 Å². The van der Waals surface area contributed by atoms with Crippen molar-refractivity contribution >= 4 is 5.91 Å². The van der Waals surface area contributed by atoms with Crippen LogP contribution in [-0.2, 0) is 6.54 Å². The minimum Gasteiger partial charge on any atom is -0.339 e. The zero-order valence-corrected chi connectivity index (χ0v) is 12.9. The van der Waals surface area contributed by atoms with Crippen molar-refractivity contribution in [3.05, 3.63) is 35.4 Å². The Balaban J connectivity index is 2.01. The summed E-state index contributed by atoms with van der Waals surface area (Å²) < 4.78 is 0. The van der Waals surface area contributed by atoms with Gasteiger partial charge >= 0.3 is 0 Å². The molecule has 110 valence electrons. The first-order valence-electron chi connectivity index (χ1n) is 7.50. The number of likely N-dealkylation sites (tertiary alicyclic amines) is 1. The first-order chi connectivity index (χ1) is 9.41. The van der Waals surface area contributed by atoms with Crippen molar-refractivity contribution in [2.45, 2.75) is 40.2 Å². The molecule has 1 aliphatic rings. The van der Waals surface area contributed by atoms with Gasteiger partial charge in [-0.3, -0.25) is 4.79 Å². The van der Waals surface area contributed by atoms with Gasteiger partial charge in [0.15, 0.2) is 0 Å². The SMILES string of the molecule is CC(C)(C)C1CCN(C(=O)c2cccc(CN)c2)CC1. The molecule has 0 saturated carbocycles. The molecule has 1 amide bonds. The normalized spacial score (nSPS) is 17.3. The van der Waals surface area contributed by atoms with E-state index in [1.165, 1.54) is 0 Å². The van der Waals surface area contributed by atoms with Crippen LogP contribution in [0.15, 0.2) is 24.3 Å². The molecule has 1 fully saturated rings. The average molecular weight is 274 g/mol. The van der Waals surface area contributed by atoms with Crippen LogP contribution in [0.25, 0.3) is 0 Å². The van der Waals surface area contributed by atoms with Crippen LogP contribution in [0, 0.1) is 11.3 Å². The molecule has 1 saturated heterocycles. The van der Waals surface area contributed by atoms with Gasteiger partial charge in [0.2, 0.25) is 0 Å². The number of hydrogen-bond acceptors (Lipinski definition) is 2. The van der Waals surface area contributed by atoms with E-state index < -0.39 is 0 Å². The Morgan fingerprint density at radius 1 is 1.30 bits per heavy atom. The second kappa shape index (κ2) is 5.96. The predicted octanol–water partition coefficient (Wildman–Crippen LogP) is 3.04. The minimum absolute atomic E-state index is 0.146. The first-order valence-corrected chi connectivity index (χ1v) is 7.50. The zero-order chi connectivity index (χ0) is 14.8. The van der Waals surface area contributed by atoms with Crippen molar-refractivity contribution < 1.29 is 4.79 Å². The lowest BCUT2D eigenvalue weighted by atomic mass is 9.75. The van der Waals surface area contributed by atoms with Gasteiger partial charge in [-0.25, -0.2) is 0 Å². The Kier molecular flexibility index (Phi) is 4.48. The van der Waals surface area contributed by atoms with Gasteiger partial charge in [0.05, 0.1) is 0 Å². The summed E-state index contributed by atoms with van der Waals surface area (Å²) in [6, 6.07) is 7.68. The van der Waals surface area contributed by atoms with E-state index in [0.29, 0.717) is 17.9 Å². The number of amides is 1. The molecule has 0 aliphatic carbocycles. The second-order valence-electron chi connectivity index (χ2n) is 6.84. The van der Waals surface area contributed by atoms with E-state index in [4.69, 9.17) is 5.73 Å². The maximum atomic E-state index is 12.5. The largest absolute Gasteiger partial charge is 0.339 e. The van der Waals surface area contributed by atoms with Gasteiger partial charge in [0, 0.05) is 25.2 Å². The molecule has 0 spiro atoms. The molecule has 3 nitrogen and oxygen atoms in total. The lowest BCUT2D eigenvalue weighted by molar-refractivity contribution is 0.0608. The number of rotatable bonds is 2. The van der Waals surface area contributed by atoms with Gasteiger partial charge in [-0.05, 0) is 41.9 Å². The molecule has 3 heteroatoms. The highest BCUT2D eigenvalue weighted by atomic mass is 16.2. The molecule has 2 rings (SSSR count). The fourth-order valence-electron chi connectivity index (χ4n) is 2.96. The lowest BCUT2D eigenvalue weighted by Gasteiger charge is -2.38. The van der Waals surface area contributed by atoms with E-state index in [2.05, 4.69) is 20.8 Å². The molecule has 1 aromatic carbocycles. The summed E-state index contributed by atoms with van der Waals surface area (Å²) in [7, 11) is 0. The van der Waals surface area contributed by atoms with Crippen molar-refractivity contribution in [2.75, 3.05) is 13.1 Å². The maximum absolute atomic E-state index is 12.5. The molecule has 0 bridgehead atoms. The van der Waals surface area contributed by atoms with Crippen molar-refractivity contribution in [1.29, 1.82) is 0 Å². The number of benzene rings is 1. The van der Waals surface area contributed by atoms with Gasteiger partial charge in [-0.1, -0.05) is 32.9 Å². The fourth-order valence-corrected chi connectivity index (χ4v) is 2.96. The molecule has 0 unspecified atom stereocenters. The van der Waals surface area contributed by atoms with E-state index in [9.17, 15) is 4.79 Å². The van der Waals surface area contributed by atoms with Crippen LogP contribution in [-0.4, -0.2) is 23.9 Å². The van der Waals surface area contributed by atoms with E-state index >= 15 is 0 Å². The highest BCUT2D eigenvalue weighted by molar-refractivity contribution is 5.94. The standard InChI is InChI=1S/C17H26N2O/c1-17(2,3)15-7-9-19(10-8-15)16(20)14-6-4-5-13(11-14)12-18/h4-6,11,15H,7-10,12,18H2,1-3H3. The fraction of sp³-hybridized carbons (Fsp3) is 0.588.